The fourth-order valence-electron chi connectivity index (χ4n) is 1.46. The molecule has 0 bridgehead atoms. The van der Waals surface area contributed by atoms with E-state index in [-0.39, 0.29) is 11.9 Å². The Labute approximate surface area is 114 Å². The SMILES string of the molecule is CC(C)CCCNC(=O)[C@H](C)N.CCCC(C)C. The lowest BCUT2D eigenvalue weighted by Gasteiger charge is -2.08. The Morgan fingerprint density at radius 2 is 1.56 bits per heavy atom. The summed E-state index contributed by atoms with van der Waals surface area (Å²) in [4.78, 5) is 11.0. The molecule has 3 N–H and O–H groups in total. The van der Waals surface area contributed by atoms with Gasteiger partial charge in [-0.3, -0.25) is 4.79 Å². The molecule has 0 aromatic heterocycles. The van der Waals surface area contributed by atoms with Crippen molar-refractivity contribution in [1.82, 2.24) is 5.32 Å². The van der Waals surface area contributed by atoms with Gasteiger partial charge in [-0.15, -0.1) is 0 Å². The molecule has 0 rings (SSSR count). The van der Waals surface area contributed by atoms with E-state index in [9.17, 15) is 4.79 Å². The highest BCUT2D eigenvalue weighted by Gasteiger charge is 2.04. The van der Waals surface area contributed by atoms with Crippen LogP contribution in [0.25, 0.3) is 0 Å². The maximum absolute atomic E-state index is 11.0. The van der Waals surface area contributed by atoms with E-state index in [1.165, 1.54) is 12.8 Å². The van der Waals surface area contributed by atoms with Crippen LogP contribution in [0.15, 0.2) is 0 Å². The van der Waals surface area contributed by atoms with Crippen molar-refractivity contribution in [3.63, 3.8) is 0 Å². The molecule has 0 radical (unpaired) electrons. The van der Waals surface area contributed by atoms with E-state index < -0.39 is 0 Å². The van der Waals surface area contributed by atoms with Crippen molar-refractivity contribution in [2.75, 3.05) is 6.54 Å². The Hall–Kier alpha value is -0.570. The number of nitrogens with two attached hydrogens (primary N) is 1. The summed E-state index contributed by atoms with van der Waals surface area (Å²) in [6.45, 7) is 13.5. The first-order valence-electron chi connectivity index (χ1n) is 7.34. The van der Waals surface area contributed by atoms with Gasteiger partial charge in [0.25, 0.3) is 0 Å². The summed E-state index contributed by atoms with van der Waals surface area (Å²) in [6.07, 6.45) is 4.90. The minimum atomic E-state index is -0.385. The van der Waals surface area contributed by atoms with E-state index in [2.05, 4.69) is 39.9 Å². The summed E-state index contributed by atoms with van der Waals surface area (Å²) in [6, 6.07) is -0.385. The van der Waals surface area contributed by atoms with Gasteiger partial charge in [0.05, 0.1) is 6.04 Å². The van der Waals surface area contributed by atoms with Gasteiger partial charge in [0.1, 0.15) is 0 Å². The smallest absolute Gasteiger partial charge is 0.236 e. The first kappa shape index (κ1) is 19.8. The highest BCUT2D eigenvalue weighted by Crippen LogP contribution is 2.01. The third-order valence-electron chi connectivity index (χ3n) is 2.54. The van der Waals surface area contributed by atoms with Crippen molar-refractivity contribution in [3.8, 4) is 0 Å². The monoisotopic (exact) mass is 258 g/mol. The normalized spacial score (nSPS) is 12.1. The lowest BCUT2D eigenvalue weighted by atomic mass is 10.1. The third-order valence-corrected chi connectivity index (χ3v) is 2.54. The van der Waals surface area contributed by atoms with Crippen LogP contribution in [0.1, 0.15) is 67.2 Å². The number of rotatable bonds is 7. The number of nitrogens with one attached hydrogen (secondary N) is 1. The fourth-order valence-corrected chi connectivity index (χ4v) is 1.46. The van der Waals surface area contributed by atoms with Gasteiger partial charge in [0, 0.05) is 6.54 Å². The van der Waals surface area contributed by atoms with Crippen molar-refractivity contribution in [1.29, 1.82) is 0 Å². The Balaban J connectivity index is 0. The Morgan fingerprint density at radius 3 is 1.83 bits per heavy atom. The summed E-state index contributed by atoms with van der Waals surface area (Å²) in [7, 11) is 0. The van der Waals surface area contributed by atoms with Crippen molar-refractivity contribution >= 4 is 5.91 Å². The molecule has 0 saturated carbocycles. The second-order valence-corrected chi connectivity index (χ2v) is 5.80. The average Bonchev–Trinajstić information content (AvgIpc) is 2.24. The Bertz CT molecular complexity index is 189. The second kappa shape index (κ2) is 12.9. The number of amides is 1. The largest absolute Gasteiger partial charge is 0.355 e. The van der Waals surface area contributed by atoms with Crippen LogP contribution >= 0.6 is 0 Å². The second-order valence-electron chi connectivity index (χ2n) is 5.80. The van der Waals surface area contributed by atoms with E-state index in [1.807, 2.05) is 0 Å². The molecule has 0 spiro atoms. The zero-order chi connectivity index (χ0) is 14.6. The van der Waals surface area contributed by atoms with E-state index >= 15 is 0 Å². The standard InChI is InChI=1S/C9H20N2O.C6H14/c1-7(2)5-4-6-11-9(12)8(3)10;1-4-5-6(2)3/h7-8H,4-6,10H2,1-3H3,(H,11,12);6H,4-5H2,1-3H3/t8-;/m0./s1. The van der Waals surface area contributed by atoms with E-state index in [4.69, 9.17) is 5.73 Å². The van der Waals surface area contributed by atoms with Crippen molar-refractivity contribution in [3.05, 3.63) is 0 Å². The van der Waals surface area contributed by atoms with Crippen LogP contribution in [-0.4, -0.2) is 18.5 Å². The average molecular weight is 258 g/mol. The van der Waals surface area contributed by atoms with Gasteiger partial charge in [0.2, 0.25) is 5.91 Å². The van der Waals surface area contributed by atoms with Crippen molar-refractivity contribution in [2.24, 2.45) is 17.6 Å². The predicted octanol–water partition coefficient (Wildman–Crippen LogP) is 3.33. The Kier molecular flexibility index (Phi) is 14.1. The molecule has 0 fully saturated rings. The van der Waals surface area contributed by atoms with Crippen LogP contribution in [0.2, 0.25) is 0 Å². The zero-order valence-corrected chi connectivity index (χ0v) is 13.3. The molecule has 3 heteroatoms. The van der Waals surface area contributed by atoms with Gasteiger partial charge in [-0.1, -0.05) is 47.5 Å². The molecular formula is C15H34N2O. The van der Waals surface area contributed by atoms with Gasteiger partial charge in [-0.05, 0) is 31.6 Å². The Morgan fingerprint density at radius 1 is 1.06 bits per heavy atom. The molecule has 0 aliphatic heterocycles. The van der Waals surface area contributed by atoms with E-state index in [0.717, 1.165) is 25.3 Å². The van der Waals surface area contributed by atoms with Gasteiger partial charge < -0.3 is 11.1 Å². The van der Waals surface area contributed by atoms with Gasteiger partial charge in [-0.25, -0.2) is 0 Å². The summed E-state index contributed by atoms with van der Waals surface area (Å²) in [5.41, 5.74) is 5.37. The molecule has 0 aliphatic rings. The van der Waals surface area contributed by atoms with Gasteiger partial charge in [0.15, 0.2) is 0 Å². The van der Waals surface area contributed by atoms with Gasteiger partial charge >= 0.3 is 0 Å². The highest BCUT2D eigenvalue weighted by atomic mass is 16.2. The van der Waals surface area contributed by atoms with Gasteiger partial charge in [-0.2, -0.15) is 0 Å². The van der Waals surface area contributed by atoms with Crippen LogP contribution in [0.3, 0.4) is 0 Å². The molecule has 110 valence electrons. The van der Waals surface area contributed by atoms with Crippen LogP contribution in [-0.2, 0) is 4.79 Å². The molecule has 1 amide bonds. The minimum Gasteiger partial charge on any atom is -0.355 e. The van der Waals surface area contributed by atoms with Crippen molar-refractivity contribution in [2.45, 2.75) is 73.3 Å². The predicted molar refractivity (Wildman–Crippen MR) is 80.5 cm³/mol. The molecular weight excluding hydrogens is 224 g/mol. The highest BCUT2D eigenvalue weighted by molar-refractivity contribution is 5.80. The fraction of sp³-hybridized carbons (Fsp3) is 0.933. The molecule has 0 aromatic carbocycles. The molecule has 3 nitrogen and oxygen atoms in total. The molecule has 0 aliphatic carbocycles. The number of hydrogen-bond acceptors (Lipinski definition) is 2. The van der Waals surface area contributed by atoms with Crippen LogP contribution in [0, 0.1) is 11.8 Å². The first-order chi connectivity index (χ1) is 8.31. The maximum atomic E-state index is 11.0. The van der Waals surface area contributed by atoms with E-state index in [1.54, 1.807) is 6.92 Å². The number of hydrogen-bond donors (Lipinski definition) is 2. The summed E-state index contributed by atoms with van der Waals surface area (Å²) < 4.78 is 0. The topological polar surface area (TPSA) is 55.1 Å². The summed E-state index contributed by atoms with van der Waals surface area (Å²) in [5.74, 6) is 1.55. The van der Waals surface area contributed by atoms with E-state index in [0.29, 0.717) is 5.92 Å². The third kappa shape index (κ3) is 17.8. The summed E-state index contributed by atoms with van der Waals surface area (Å²) >= 11 is 0. The number of carbonyl (C=O) groups is 1. The summed E-state index contributed by atoms with van der Waals surface area (Å²) in [5, 5.41) is 2.77. The molecule has 0 heterocycles. The quantitative estimate of drug-likeness (QED) is 0.688. The molecule has 0 aromatic rings. The minimum absolute atomic E-state index is 0.0567. The van der Waals surface area contributed by atoms with Crippen molar-refractivity contribution < 1.29 is 4.79 Å². The molecule has 1 atom stereocenters. The first-order valence-corrected chi connectivity index (χ1v) is 7.34. The lowest BCUT2D eigenvalue weighted by molar-refractivity contribution is -0.121. The van der Waals surface area contributed by atoms with Crippen LogP contribution in [0.5, 0.6) is 0 Å². The molecule has 0 unspecified atom stereocenters. The van der Waals surface area contributed by atoms with Crippen LogP contribution < -0.4 is 11.1 Å². The lowest BCUT2D eigenvalue weighted by Crippen LogP contribution is -2.38. The molecule has 18 heavy (non-hydrogen) atoms. The zero-order valence-electron chi connectivity index (χ0n) is 13.3. The maximum Gasteiger partial charge on any atom is 0.236 e. The number of carbonyl (C=O) groups excluding carboxylic acids is 1. The van der Waals surface area contributed by atoms with Crippen LogP contribution in [0.4, 0.5) is 0 Å². The molecule has 0 saturated heterocycles.